The fraction of sp³-hybridized carbons (Fsp3) is 0.533. The molecule has 0 aliphatic carbocycles. The van der Waals surface area contributed by atoms with E-state index in [4.69, 9.17) is 15.0 Å². The van der Waals surface area contributed by atoms with E-state index >= 15 is 0 Å². The van der Waals surface area contributed by atoms with Gasteiger partial charge in [0.1, 0.15) is 18.6 Å². The molecule has 144 valence electrons. The Balaban J connectivity index is 0.000000412. The molecule has 2 rings (SSSR count). The lowest BCUT2D eigenvalue weighted by Crippen LogP contribution is -2.40. The molecule has 1 saturated heterocycles. The van der Waals surface area contributed by atoms with Gasteiger partial charge in [0.05, 0.1) is 5.56 Å². The van der Waals surface area contributed by atoms with Crippen LogP contribution in [0.5, 0.6) is 0 Å². The van der Waals surface area contributed by atoms with Crippen molar-refractivity contribution in [3.05, 3.63) is 24.0 Å². The highest BCUT2D eigenvalue weighted by Gasteiger charge is 2.28. The van der Waals surface area contributed by atoms with Crippen molar-refractivity contribution in [1.29, 1.82) is 0 Å². The highest BCUT2D eigenvalue weighted by atomic mass is 19.4. The van der Waals surface area contributed by atoms with Crippen LogP contribution in [0.2, 0.25) is 0 Å². The quantitative estimate of drug-likeness (QED) is 0.725. The van der Waals surface area contributed by atoms with Gasteiger partial charge in [-0.25, -0.2) is 0 Å². The van der Waals surface area contributed by atoms with Gasteiger partial charge >= 0.3 is 12.1 Å². The molecule has 0 aromatic carbocycles. The van der Waals surface area contributed by atoms with E-state index in [1.54, 1.807) is 12.3 Å². The van der Waals surface area contributed by atoms with Gasteiger partial charge in [0.15, 0.2) is 12.7 Å². The van der Waals surface area contributed by atoms with Crippen LogP contribution in [0.15, 0.2) is 18.5 Å². The van der Waals surface area contributed by atoms with Crippen LogP contribution >= 0.6 is 0 Å². The monoisotopic (exact) mass is 377 g/mol. The first-order valence-electron chi connectivity index (χ1n) is 7.76. The van der Waals surface area contributed by atoms with E-state index in [0.717, 1.165) is 25.9 Å². The Hall–Kier alpha value is -2.72. The van der Waals surface area contributed by atoms with E-state index in [1.165, 1.54) is 17.3 Å². The molecule has 1 fully saturated rings. The number of likely N-dealkylation sites (tertiary alicyclic amines) is 1. The van der Waals surface area contributed by atoms with E-state index < -0.39 is 18.1 Å². The van der Waals surface area contributed by atoms with Crippen LogP contribution in [0, 0.1) is 0 Å². The molecule has 1 N–H and O–H groups in total. The molecule has 1 aliphatic heterocycles. The molecule has 0 radical (unpaired) electrons. The number of piperidine rings is 1. The second-order valence-electron chi connectivity index (χ2n) is 5.46. The summed E-state index contributed by atoms with van der Waals surface area (Å²) >= 11 is 0. The van der Waals surface area contributed by atoms with Crippen molar-refractivity contribution in [2.75, 3.05) is 13.1 Å². The smallest absolute Gasteiger partial charge is 0.430 e. The summed E-state index contributed by atoms with van der Waals surface area (Å²) in [5.41, 5.74) is 0.563. The predicted molar refractivity (Wildman–Crippen MR) is 77.5 cm³/mol. The second kappa shape index (κ2) is 9.68. The average molecular weight is 377 g/mol. The number of carbonyl (C=O) groups excluding carboxylic acids is 2. The lowest BCUT2D eigenvalue weighted by molar-refractivity contribution is -0.753. The molecule has 0 unspecified atom stereocenters. The molecular formula is C15H18F3N3O5. The number of aromatic nitrogens is 2. The number of nitrogens with zero attached hydrogens (tertiary/aromatic N) is 3. The Morgan fingerprint density at radius 1 is 1.23 bits per heavy atom. The lowest BCUT2D eigenvalue weighted by Gasteiger charge is -2.26. The Bertz CT molecular complexity index is 628. The summed E-state index contributed by atoms with van der Waals surface area (Å²) in [7, 11) is 0. The minimum atomic E-state index is -5.19. The van der Waals surface area contributed by atoms with Gasteiger partial charge in [-0.1, -0.05) is 4.68 Å². The van der Waals surface area contributed by atoms with Crippen molar-refractivity contribution in [2.45, 2.75) is 38.4 Å². The van der Waals surface area contributed by atoms with Crippen LogP contribution < -0.4 is 9.79 Å². The first kappa shape index (κ1) is 21.3. The summed E-state index contributed by atoms with van der Waals surface area (Å²) in [5.74, 6) is -3.85. The maximum absolute atomic E-state index is 12.2. The fourth-order valence-electron chi connectivity index (χ4n) is 2.13. The van der Waals surface area contributed by atoms with Crippen LogP contribution in [0.25, 0.3) is 0 Å². The predicted octanol–water partition coefficient (Wildman–Crippen LogP) is -0.232. The van der Waals surface area contributed by atoms with Gasteiger partial charge in [-0.15, -0.1) is 0 Å². The summed E-state index contributed by atoms with van der Waals surface area (Å²) in [4.78, 5) is 33.2. The van der Waals surface area contributed by atoms with Gasteiger partial charge in [0.25, 0.3) is 5.91 Å². The first-order valence-corrected chi connectivity index (χ1v) is 7.76. The minimum absolute atomic E-state index is 0.0117. The SMILES string of the molecule is O=C(O)CC[n+]1ccc(C(=O)N2CCCCC2)cn1.O=C([O-])C(F)(F)F. The summed E-state index contributed by atoms with van der Waals surface area (Å²) in [5, 5.41) is 21.4. The topological polar surface area (TPSA) is 115 Å². The number of carbonyl (C=O) groups is 3. The Kier molecular flexibility index (Phi) is 7.94. The highest BCUT2D eigenvalue weighted by Crippen LogP contribution is 2.12. The van der Waals surface area contributed by atoms with E-state index in [0.29, 0.717) is 12.1 Å². The largest absolute Gasteiger partial charge is 0.542 e. The first-order chi connectivity index (χ1) is 12.1. The van der Waals surface area contributed by atoms with Crippen molar-refractivity contribution >= 4 is 17.8 Å². The van der Waals surface area contributed by atoms with Gasteiger partial charge < -0.3 is 19.9 Å². The van der Waals surface area contributed by atoms with Gasteiger partial charge in [0, 0.05) is 19.2 Å². The third kappa shape index (κ3) is 7.45. The maximum atomic E-state index is 12.2. The zero-order valence-corrected chi connectivity index (χ0v) is 13.7. The van der Waals surface area contributed by atoms with Crippen LogP contribution in [0.3, 0.4) is 0 Å². The molecule has 0 bridgehead atoms. The van der Waals surface area contributed by atoms with Crippen molar-refractivity contribution in [2.24, 2.45) is 0 Å². The summed E-state index contributed by atoms with van der Waals surface area (Å²) in [6, 6.07) is 1.70. The lowest BCUT2D eigenvalue weighted by atomic mass is 10.1. The van der Waals surface area contributed by atoms with Gasteiger partial charge in [-0.3, -0.25) is 9.59 Å². The molecule has 0 saturated carbocycles. The van der Waals surface area contributed by atoms with Crippen molar-refractivity contribution < 1.29 is 42.4 Å². The molecule has 1 amide bonds. The minimum Gasteiger partial charge on any atom is -0.542 e. The fourth-order valence-corrected chi connectivity index (χ4v) is 2.13. The summed E-state index contributed by atoms with van der Waals surface area (Å²) in [6.45, 7) is 1.94. The molecule has 11 heteroatoms. The molecule has 0 atom stereocenters. The van der Waals surface area contributed by atoms with Crippen molar-refractivity contribution in [1.82, 2.24) is 10.00 Å². The van der Waals surface area contributed by atoms with E-state index in [9.17, 15) is 22.8 Å². The van der Waals surface area contributed by atoms with Crippen molar-refractivity contribution in [3.8, 4) is 0 Å². The van der Waals surface area contributed by atoms with Crippen molar-refractivity contribution in [3.63, 3.8) is 0 Å². The number of rotatable bonds is 4. The number of carboxylic acids is 2. The summed E-state index contributed by atoms with van der Waals surface area (Å²) < 4.78 is 33.1. The number of carboxylic acid groups (broad SMARTS) is 2. The molecule has 8 nitrogen and oxygen atoms in total. The standard InChI is InChI=1S/C13H17N3O3.C2HF3O2/c17-12(18)5-9-16-8-4-11(10-14-16)13(19)15-6-2-1-3-7-15;3-2(4,5)1(6)7/h4,8,10H,1-3,5-7,9H2;(H,6,7). The third-order valence-electron chi connectivity index (χ3n) is 3.45. The summed E-state index contributed by atoms with van der Waals surface area (Å²) in [6.07, 6.45) is 1.30. The number of alkyl halides is 3. The zero-order valence-electron chi connectivity index (χ0n) is 13.7. The average Bonchev–Trinajstić information content (AvgIpc) is 2.60. The van der Waals surface area contributed by atoms with E-state index in [1.807, 2.05) is 4.90 Å². The second-order valence-corrected chi connectivity index (χ2v) is 5.46. The molecule has 2 heterocycles. The highest BCUT2D eigenvalue weighted by molar-refractivity contribution is 5.93. The zero-order chi connectivity index (χ0) is 19.7. The molecule has 1 aromatic rings. The van der Waals surface area contributed by atoms with Gasteiger partial charge in [-0.2, -0.15) is 13.2 Å². The van der Waals surface area contributed by atoms with Gasteiger partial charge in [0.2, 0.25) is 0 Å². The van der Waals surface area contributed by atoms with Crippen LogP contribution in [0.4, 0.5) is 13.2 Å². The van der Waals surface area contributed by atoms with Gasteiger partial charge in [-0.05, 0) is 24.4 Å². The van der Waals surface area contributed by atoms with E-state index in [-0.39, 0.29) is 12.3 Å². The Morgan fingerprint density at radius 3 is 2.23 bits per heavy atom. The number of hydrogen-bond donors (Lipinski definition) is 1. The van der Waals surface area contributed by atoms with Crippen LogP contribution in [-0.2, 0) is 16.1 Å². The number of aliphatic carboxylic acids is 2. The molecule has 1 aromatic heterocycles. The molecule has 0 spiro atoms. The number of aryl methyl sites for hydroxylation is 1. The van der Waals surface area contributed by atoms with Crippen LogP contribution in [0.1, 0.15) is 36.0 Å². The molecule has 26 heavy (non-hydrogen) atoms. The number of amides is 1. The molecular weight excluding hydrogens is 359 g/mol. The normalized spacial score (nSPS) is 14.2. The maximum Gasteiger partial charge on any atom is 0.430 e. The van der Waals surface area contributed by atoms with E-state index in [2.05, 4.69) is 5.10 Å². The Morgan fingerprint density at radius 2 is 1.81 bits per heavy atom. The number of halogens is 3. The number of hydrogen-bond acceptors (Lipinski definition) is 5. The van der Waals surface area contributed by atoms with Crippen LogP contribution in [-0.4, -0.2) is 52.2 Å². The Labute approximate surface area is 146 Å². The third-order valence-corrected chi connectivity index (χ3v) is 3.45. The molecule has 1 aliphatic rings.